The largest absolute Gasteiger partial charge is 0.493 e. The lowest BCUT2D eigenvalue weighted by Gasteiger charge is -2.13. The van der Waals surface area contributed by atoms with E-state index in [-0.39, 0.29) is 24.0 Å². The van der Waals surface area contributed by atoms with Crippen molar-refractivity contribution in [1.29, 1.82) is 0 Å². The fraction of sp³-hybridized carbons (Fsp3) is 0.611. The number of unbranched alkanes of at least 4 members (excludes halogenated alkanes) is 1. The average Bonchev–Trinajstić information content (AvgIpc) is 2.61. The number of anilines is 1. The third-order valence-corrected chi connectivity index (χ3v) is 3.29. The number of hydrogen-bond acceptors (Lipinski definition) is 4. The van der Waals surface area contributed by atoms with E-state index in [1.165, 1.54) is 0 Å². The Hall–Kier alpha value is -1.06. The molecular weight excluding hydrogens is 433 g/mol. The number of nitrogens with one attached hydrogen (secondary N) is 2. The third kappa shape index (κ3) is 12.0. The van der Waals surface area contributed by atoms with Crippen LogP contribution in [0.4, 0.5) is 5.69 Å². The minimum absolute atomic E-state index is 0. The summed E-state index contributed by atoms with van der Waals surface area (Å²) in [6.07, 6.45) is 2.96. The molecule has 0 aliphatic heterocycles. The predicted molar refractivity (Wildman–Crippen MR) is 115 cm³/mol. The second kappa shape index (κ2) is 16.4. The van der Waals surface area contributed by atoms with Crippen LogP contribution in [0.25, 0.3) is 0 Å². The average molecular weight is 465 g/mol. The van der Waals surface area contributed by atoms with Gasteiger partial charge in [0.2, 0.25) is 0 Å². The Morgan fingerprint density at radius 1 is 1.12 bits per heavy atom. The van der Waals surface area contributed by atoms with Crippen molar-refractivity contribution >= 4 is 35.6 Å². The van der Waals surface area contributed by atoms with Crippen LogP contribution in [0.15, 0.2) is 29.3 Å². The smallest absolute Gasteiger partial charge is 0.195 e. The molecule has 0 spiro atoms. The molecule has 144 valence electrons. The normalized spacial score (nSPS) is 10.9. The lowest BCUT2D eigenvalue weighted by molar-refractivity contribution is 0.143. The standard InChI is InChI=1S/C18H31N3O3.HI/c1-4-23-13-6-5-11-20-18(19-2)21-16-9-7-10-17(15-16)24-14-8-12-22-3;/h7,9-10,15H,4-6,8,11-14H2,1-3H3,(H2,19,20,21);1H. The first-order valence-corrected chi connectivity index (χ1v) is 8.57. The maximum atomic E-state index is 5.71. The SMILES string of the molecule is CCOCCCCNC(=NC)Nc1cccc(OCCCOC)c1.I. The van der Waals surface area contributed by atoms with E-state index in [2.05, 4.69) is 15.6 Å². The molecule has 2 N–H and O–H groups in total. The highest BCUT2D eigenvalue weighted by Gasteiger charge is 2.01. The Balaban J connectivity index is 0.00000576. The molecule has 0 aliphatic rings. The van der Waals surface area contributed by atoms with Gasteiger partial charge in [0.1, 0.15) is 5.75 Å². The number of ether oxygens (including phenoxy) is 3. The number of nitrogens with zero attached hydrogens (tertiary/aromatic N) is 1. The van der Waals surface area contributed by atoms with Crippen molar-refractivity contribution in [3.05, 3.63) is 24.3 Å². The van der Waals surface area contributed by atoms with E-state index in [9.17, 15) is 0 Å². The quantitative estimate of drug-likeness (QED) is 0.214. The monoisotopic (exact) mass is 465 g/mol. The maximum absolute atomic E-state index is 5.71. The molecule has 0 fully saturated rings. The summed E-state index contributed by atoms with van der Waals surface area (Å²) in [5.41, 5.74) is 0.946. The van der Waals surface area contributed by atoms with Crippen LogP contribution in [0, 0.1) is 0 Å². The summed E-state index contributed by atoms with van der Waals surface area (Å²) in [4.78, 5) is 4.24. The number of rotatable bonds is 12. The van der Waals surface area contributed by atoms with Gasteiger partial charge in [0.25, 0.3) is 0 Å². The van der Waals surface area contributed by atoms with Crippen molar-refractivity contribution in [2.24, 2.45) is 4.99 Å². The first-order chi connectivity index (χ1) is 11.8. The predicted octanol–water partition coefficient (Wildman–Crippen LogP) is 3.52. The van der Waals surface area contributed by atoms with Crippen molar-refractivity contribution in [2.75, 3.05) is 52.4 Å². The first-order valence-electron chi connectivity index (χ1n) is 8.57. The second-order valence-corrected chi connectivity index (χ2v) is 5.25. The molecule has 7 heteroatoms. The minimum Gasteiger partial charge on any atom is -0.493 e. The molecular formula is C18H32IN3O3. The molecule has 0 aliphatic carbocycles. The summed E-state index contributed by atoms with van der Waals surface area (Å²) >= 11 is 0. The Morgan fingerprint density at radius 2 is 1.96 bits per heavy atom. The van der Waals surface area contributed by atoms with Gasteiger partial charge in [-0.25, -0.2) is 0 Å². The van der Waals surface area contributed by atoms with Crippen molar-refractivity contribution in [2.45, 2.75) is 26.2 Å². The summed E-state index contributed by atoms with van der Waals surface area (Å²) in [5, 5.41) is 6.58. The number of benzene rings is 1. The van der Waals surface area contributed by atoms with E-state index in [1.807, 2.05) is 31.2 Å². The van der Waals surface area contributed by atoms with Crippen molar-refractivity contribution in [3.8, 4) is 5.75 Å². The molecule has 1 rings (SSSR count). The molecule has 0 saturated carbocycles. The van der Waals surface area contributed by atoms with Crippen LogP contribution >= 0.6 is 24.0 Å². The number of hydrogen-bond donors (Lipinski definition) is 2. The minimum atomic E-state index is 0. The molecule has 0 radical (unpaired) electrons. The lowest BCUT2D eigenvalue weighted by Crippen LogP contribution is -2.31. The van der Waals surface area contributed by atoms with Gasteiger partial charge in [-0.15, -0.1) is 24.0 Å². The van der Waals surface area contributed by atoms with Crippen LogP contribution in [0.1, 0.15) is 26.2 Å². The summed E-state index contributed by atoms with van der Waals surface area (Å²) in [6.45, 7) is 5.81. The van der Waals surface area contributed by atoms with Gasteiger partial charge in [0.15, 0.2) is 5.96 Å². The van der Waals surface area contributed by atoms with E-state index < -0.39 is 0 Å². The van der Waals surface area contributed by atoms with Gasteiger partial charge >= 0.3 is 0 Å². The summed E-state index contributed by atoms with van der Waals surface area (Å²) in [6, 6.07) is 7.87. The van der Waals surface area contributed by atoms with Crippen molar-refractivity contribution in [3.63, 3.8) is 0 Å². The van der Waals surface area contributed by atoms with Gasteiger partial charge in [0, 0.05) is 58.7 Å². The highest BCUT2D eigenvalue weighted by Crippen LogP contribution is 2.17. The third-order valence-electron chi connectivity index (χ3n) is 3.29. The molecule has 0 unspecified atom stereocenters. The molecule has 0 bridgehead atoms. The van der Waals surface area contributed by atoms with Crippen LogP contribution in [0.2, 0.25) is 0 Å². The van der Waals surface area contributed by atoms with Crippen LogP contribution in [0.5, 0.6) is 5.75 Å². The Kier molecular flexibility index (Phi) is 15.7. The highest BCUT2D eigenvalue weighted by molar-refractivity contribution is 14.0. The number of methoxy groups -OCH3 is 1. The van der Waals surface area contributed by atoms with E-state index in [0.29, 0.717) is 13.2 Å². The van der Waals surface area contributed by atoms with Crippen molar-refractivity contribution < 1.29 is 14.2 Å². The van der Waals surface area contributed by atoms with Gasteiger partial charge in [-0.2, -0.15) is 0 Å². The Morgan fingerprint density at radius 3 is 2.68 bits per heavy atom. The van der Waals surface area contributed by atoms with Gasteiger partial charge < -0.3 is 24.8 Å². The fourth-order valence-electron chi connectivity index (χ4n) is 2.05. The number of halogens is 1. The summed E-state index contributed by atoms with van der Waals surface area (Å²) < 4.78 is 16.0. The maximum Gasteiger partial charge on any atom is 0.195 e. The molecule has 6 nitrogen and oxygen atoms in total. The van der Waals surface area contributed by atoms with Crippen molar-refractivity contribution in [1.82, 2.24) is 5.32 Å². The number of guanidine groups is 1. The zero-order valence-electron chi connectivity index (χ0n) is 15.5. The van der Waals surface area contributed by atoms with Crippen LogP contribution in [0.3, 0.4) is 0 Å². The highest BCUT2D eigenvalue weighted by atomic mass is 127. The molecule has 0 heterocycles. The molecule has 0 amide bonds. The molecule has 0 atom stereocenters. The zero-order valence-corrected chi connectivity index (χ0v) is 17.9. The van der Waals surface area contributed by atoms with E-state index in [0.717, 1.165) is 56.4 Å². The van der Waals surface area contributed by atoms with Crippen LogP contribution < -0.4 is 15.4 Å². The van der Waals surface area contributed by atoms with Gasteiger partial charge in [-0.3, -0.25) is 4.99 Å². The van der Waals surface area contributed by atoms with E-state index in [1.54, 1.807) is 14.2 Å². The van der Waals surface area contributed by atoms with Gasteiger partial charge in [0.05, 0.1) is 6.61 Å². The molecule has 1 aromatic rings. The molecule has 25 heavy (non-hydrogen) atoms. The first kappa shape index (κ1) is 23.9. The van der Waals surface area contributed by atoms with Crippen LogP contribution in [-0.2, 0) is 9.47 Å². The molecule has 1 aromatic carbocycles. The second-order valence-electron chi connectivity index (χ2n) is 5.25. The Bertz CT molecular complexity index is 473. The van der Waals surface area contributed by atoms with Gasteiger partial charge in [-0.1, -0.05) is 6.07 Å². The summed E-state index contributed by atoms with van der Waals surface area (Å²) in [5.74, 6) is 1.59. The zero-order chi connectivity index (χ0) is 17.5. The topological polar surface area (TPSA) is 64.1 Å². The van der Waals surface area contributed by atoms with E-state index in [4.69, 9.17) is 14.2 Å². The number of aliphatic imine (C=N–C) groups is 1. The van der Waals surface area contributed by atoms with Gasteiger partial charge in [-0.05, 0) is 31.9 Å². The summed E-state index contributed by atoms with van der Waals surface area (Å²) in [7, 11) is 3.46. The van der Waals surface area contributed by atoms with E-state index >= 15 is 0 Å². The molecule has 0 saturated heterocycles. The lowest BCUT2D eigenvalue weighted by atomic mass is 10.3. The molecule has 0 aromatic heterocycles. The fourth-order valence-corrected chi connectivity index (χ4v) is 2.05. The Labute approximate surface area is 168 Å². The van der Waals surface area contributed by atoms with Crippen LogP contribution in [-0.4, -0.2) is 53.1 Å².